The Bertz CT molecular complexity index is 384. The van der Waals surface area contributed by atoms with E-state index in [1.807, 2.05) is 19.1 Å². The summed E-state index contributed by atoms with van der Waals surface area (Å²) in [7, 11) is 0. The van der Waals surface area contributed by atoms with E-state index in [0.29, 0.717) is 5.56 Å². The molecule has 1 rings (SSSR count). The predicted octanol–water partition coefficient (Wildman–Crippen LogP) is 1.28. The highest BCUT2D eigenvalue weighted by Gasteiger charge is 2.15. The van der Waals surface area contributed by atoms with Crippen molar-refractivity contribution in [3.05, 3.63) is 35.4 Å². The molecule has 86 valence electrons. The van der Waals surface area contributed by atoms with Gasteiger partial charge in [-0.1, -0.05) is 19.1 Å². The first-order valence-electron chi connectivity index (χ1n) is 5.13. The van der Waals surface area contributed by atoms with Gasteiger partial charge in [0.15, 0.2) is 6.10 Å². The molecule has 0 fully saturated rings. The van der Waals surface area contributed by atoms with Crippen LogP contribution in [0.5, 0.6) is 0 Å². The van der Waals surface area contributed by atoms with E-state index in [1.165, 1.54) is 6.92 Å². The molecule has 0 aliphatic carbocycles. The molecule has 4 heteroatoms. The molecule has 0 aromatic heterocycles. The highest BCUT2D eigenvalue weighted by molar-refractivity contribution is 5.91. The Morgan fingerprint density at radius 1 is 1.31 bits per heavy atom. The third kappa shape index (κ3) is 3.08. The molecule has 0 aliphatic rings. The summed E-state index contributed by atoms with van der Waals surface area (Å²) in [6.07, 6.45) is 0.00543. The number of esters is 1. The fraction of sp³-hybridized carbons (Fsp3) is 0.333. The lowest BCUT2D eigenvalue weighted by Gasteiger charge is -2.09. The number of rotatable bonds is 4. The van der Waals surface area contributed by atoms with Crippen molar-refractivity contribution in [3.63, 3.8) is 0 Å². The largest absolute Gasteiger partial charge is 0.449 e. The van der Waals surface area contributed by atoms with Crippen molar-refractivity contribution in [2.24, 2.45) is 5.73 Å². The number of ether oxygens (including phenoxy) is 1. The van der Waals surface area contributed by atoms with E-state index in [0.717, 1.165) is 12.0 Å². The van der Waals surface area contributed by atoms with Gasteiger partial charge in [-0.2, -0.15) is 0 Å². The normalized spacial score (nSPS) is 11.9. The first-order valence-corrected chi connectivity index (χ1v) is 5.13. The average Bonchev–Trinajstić information content (AvgIpc) is 2.28. The standard InChI is InChI=1S/C12H15NO3/c1-3-9-4-6-10(7-5-9)12(15)16-8(2)11(13)14/h4-8H,3H2,1-2H3,(H2,13,14). The van der Waals surface area contributed by atoms with Crippen LogP contribution in [0.2, 0.25) is 0 Å². The van der Waals surface area contributed by atoms with Crippen molar-refractivity contribution in [1.29, 1.82) is 0 Å². The molecule has 1 aromatic carbocycles. The van der Waals surface area contributed by atoms with Gasteiger partial charge in [-0.05, 0) is 31.0 Å². The second-order valence-corrected chi connectivity index (χ2v) is 3.50. The molecular formula is C12H15NO3. The summed E-state index contributed by atoms with van der Waals surface area (Å²) in [6, 6.07) is 7.06. The maximum Gasteiger partial charge on any atom is 0.338 e. The van der Waals surface area contributed by atoms with Crippen molar-refractivity contribution in [3.8, 4) is 0 Å². The zero-order chi connectivity index (χ0) is 12.1. The Hall–Kier alpha value is -1.84. The van der Waals surface area contributed by atoms with Crippen LogP contribution in [-0.4, -0.2) is 18.0 Å². The quantitative estimate of drug-likeness (QED) is 0.778. The molecule has 16 heavy (non-hydrogen) atoms. The molecule has 0 heterocycles. The lowest BCUT2D eigenvalue weighted by molar-refractivity contribution is -0.125. The third-order valence-electron chi connectivity index (χ3n) is 2.28. The topological polar surface area (TPSA) is 69.4 Å². The van der Waals surface area contributed by atoms with Gasteiger partial charge >= 0.3 is 5.97 Å². The average molecular weight is 221 g/mol. The summed E-state index contributed by atoms with van der Waals surface area (Å²) in [6.45, 7) is 3.48. The maximum atomic E-state index is 11.5. The molecule has 0 saturated carbocycles. The zero-order valence-electron chi connectivity index (χ0n) is 9.40. The number of amides is 1. The van der Waals surface area contributed by atoms with E-state index in [4.69, 9.17) is 10.5 Å². The fourth-order valence-electron chi connectivity index (χ4n) is 1.16. The Morgan fingerprint density at radius 3 is 2.31 bits per heavy atom. The number of aryl methyl sites for hydroxylation is 1. The summed E-state index contributed by atoms with van der Waals surface area (Å²) in [5.74, 6) is -1.19. The molecule has 0 spiro atoms. The number of benzene rings is 1. The van der Waals surface area contributed by atoms with Gasteiger partial charge in [-0.3, -0.25) is 4.79 Å². The van der Waals surface area contributed by atoms with Gasteiger partial charge in [-0.25, -0.2) is 4.79 Å². The van der Waals surface area contributed by atoms with E-state index in [-0.39, 0.29) is 0 Å². The Kier molecular flexibility index (Phi) is 4.05. The lowest BCUT2D eigenvalue weighted by atomic mass is 10.1. The summed E-state index contributed by atoms with van der Waals surface area (Å²) in [5, 5.41) is 0. The Labute approximate surface area is 94.4 Å². The van der Waals surface area contributed by atoms with Crippen LogP contribution in [-0.2, 0) is 16.0 Å². The van der Waals surface area contributed by atoms with Gasteiger partial charge in [0.25, 0.3) is 5.91 Å². The Morgan fingerprint density at radius 2 is 1.88 bits per heavy atom. The van der Waals surface area contributed by atoms with Crippen molar-refractivity contribution in [2.45, 2.75) is 26.4 Å². The van der Waals surface area contributed by atoms with Crippen molar-refractivity contribution in [1.82, 2.24) is 0 Å². The summed E-state index contributed by atoms with van der Waals surface area (Å²) < 4.78 is 4.86. The maximum absolute atomic E-state index is 11.5. The van der Waals surface area contributed by atoms with Crippen LogP contribution in [0.1, 0.15) is 29.8 Å². The van der Waals surface area contributed by atoms with E-state index >= 15 is 0 Å². The Balaban J connectivity index is 2.69. The fourth-order valence-corrected chi connectivity index (χ4v) is 1.16. The van der Waals surface area contributed by atoms with E-state index < -0.39 is 18.0 Å². The number of hydrogen-bond acceptors (Lipinski definition) is 3. The minimum absolute atomic E-state index is 0.422. The molecule has 0 aliphatic heterocycles. The van der Waals surface area contributed by atoms with Crippen LogP contribution in [0.25, 0.3) is 0 Å². The molecule has 2 N–H and O–H groups in total. The van der Waals surface area contributed by atoms with Crippen LogP contribution < -0.4 is 5.73 Å². The van der Waals surface area contributed by atoms with Crippen LogP contribution in [0.4, 0.5) is 0 Å². The first kappa shape index (κ1) is 12.2. The summed E-state index contributed by atoms with van der Waals surface area (Å²) >= 11 is 0. The van der Waals surface area contributed by atoms with Crippen LogP contribution in [0.3, 0.4) is 0 Å². The molecule has 1 aromatic rings. The van der Waals surface area contributed by atoms with E-state index in [9.17, 15) is 9.59 Å². The predicted molar refractivity (Wildman–Crippen MR) is 59.9 cm³/mol. The number of nitrogens with two attached hydrogens (primary N) is 1. The molecule has 0 bridgehead atoms. The minimum atomic E-state index is -0.904. The van der Waals surface area contributed by atoms with Crippen molar-refractivity contribution in [2.75, 3.05) is 0 Å². The highest BCUT2D eigenvalue weighted by atomic mass is 16.5. The lowest BCUT2D eigenvalue weighted by Crippen LogP contribution is -2.30. The second kappa shape index (κ2) is 5.30. The monoisotopic (exact) mass is 221 g/mol. The van der Waals surface area contributed by atoms with Gasteiger partial charge < -0.3 is 10.5 Å². The molecule has 4 nitrogen and oxygen atoms in total. The number of primary amides is 1. The molecule has 0 saturated heterocycles. The van der Waals surface area contributed by atoms with Gasteiger partial charge in [0, 0.05) is 0 Å². The van der Waals surface area contributed by atoms with Gasteiger partial charge in [-0.15, -0.1) is 0 Å². The van der Waals surface area contributed by atoms with E-state index in [2.05, 4.69) is 0 Å². The van der Waals surface area contributed by atoms with Crippen LogP contribution >= 0.6 is 0 Å². The van der Waals surface area contributed by atoms with E-state index in [1.54, 1.807) is 12.1 Å². The molecular weight excluding hydrogens is 206 g/mol. The zero-order valence-corrected chi connectivity index (χ0v) is 9.40. The smallest absolute Gasteiger partial charge is 0.338 e. The molecule has 1 atom stereocenters. The van der Waals surface area contributed by atoms with Crippen LogP contribution in [0.15, 0.2) is 24.3 Å². The van der Waals surface area contributed by atoms with Crippen LogP contribution in [0, 0.1) is 0 Å². The van der Waals surface area contributed by atoms with Crippen molar-refractivity contribution < 1.29 is 14.3 Å². The second-order valence-electron chi connectivity index (χ2n) is 3.50. The molecule has 0 radical (unpaired) electrons. The van der Waals surface area contributed by atoms with Gasteiger partial charge in [0.05, 0.1) is 5.56 Å². The van der Waals surface area contributed by atoms with Crippen molar-refractivity contribution >= 4 is 11.9 Å². The van der Waals surface area contributed by atoms with Gasteiger partial charge in [0.2, 0.25) is 0 Å². The SMILES string of the molecule is CCc1ccc(C(=O)OC(C)C(N)=O)cc1. The summed E-state index contributed by atoms with van der Waals surface area (Å²) in [5.41, 5.74) is 6.55. The third-order valence-corrected chi connectivity index (χ3v) is 2.28. The minimum Gasteiger partial charge on any atom is -0.449 e. The number of hydrogen-bond donors (Lipinski definition) is 1. The molecule has 1 amide bonds. The number of carbonyl (C=O) groups excluding carboxylic acids is 2. The highest BCUT2D eigenvalue weighted by Crippen LogP contribution is 2.07. The molecule has 1 unspecified atom stereocenters. The van der Waals surface area contributed by atoms with Gasteiger partial charge in [0.1, 0.15) is 0 Å². The first-order chi connectivity index (χ1) is 7.54. The number of carbonyl (C=O) groups is 2. The summed E-state index contributed by atoms with van der Waals surface area (Å²) in [4.78, 5) is 22.2.